The number of hydrogen-bond donors (Lipinski definition) is 2. The number of aromatic hydroxyl groups is 1. The summed E-state index contributed by atoms with van der Waals surface area (Å²) >= 11 is 0. The molecule has 4 rings (SSSR count). The third-order valence-corrected chi connectivity index (χ3v) is 6.07. The maximum atomic E-state index is 13.0. The molecule has 0 radical (unpaired) electrons. The van der Waals surface area contributed by atoms with Crippen molar-refractivity contribution >= 4 is 0 Å². The average Bonchev–Trinajstić information content (AvgIpc) is 3.15. The van der Waals surface area contributed by atoms with Crippen LogP contribution in [-0.2, 0) is 6.42 Å². The van der Waals surface area contributed by atoms with Gasteiger partial charge in [-0.15, -0.1) is 0 Å². The number of halogens is 1. The fourth-order valence-corrected chi connectivity index (χ4v) is 4.84. The topological polar surface area (TPSA) is 43.7 Å². The highest BCUT2D eigenvalue weighted by Gasteiger charge is 2.40. The Kier molecular flexibility index (Phi) is 4.96. The van der Waals surface area contributed by atoms with Gasteiger partial charge in [0.2, 0.25) is 0 Å². The van der Waals surface area contributed by atoms with Crippen molar-refractivity contribution in [3.8, 4) is 5.75 Å². The molecule has 0 amide bonds. The summed E-state index contributed by atoms with van der Waals surface area (Å²) in [5.74, 6) is 2.18. The zero-order chi connectivity index (χ0) is 18.1. The molecule has 0 spiro atoms. The molecule has 3 nitrogen and oxygen atoms in total. The van der Waals surface area contributed by atoms with Crippen molar-refractivity contribution < 1.29 is 14.6 Å². The van der Waals surface area contributed by atoms with E-state index in [1.807, 2.05) is 12.1 Å². The van der Waals surface area contributed by atoms with E-state index in [2.05, 4.69) is 4.90 Å². The van der Waals surface area contributed by atoms with Crippen LogP contribution in [0.2, 0.25) is 0 Å². The van der Waals surface area contributed by atoms with Crippen LogP contribution in [0.5, 0.6) is 5.75 Å². The summed E-state index contributed by atoms with van der Waals surface area (Å²) in [7, 11) is 0. The average molecular weight is 355 g/mol. The summed E-state index contributed by atoms with van der Waals surface area (Å²) in [5, 5.41) is 19.8. The first kappa shape index (κ1) is 17.5. The largest absolute Gasteiger partial charge is 0.508 e. The van der Waals surface area contributed by atoms with Crippen molar-refractivity contribution in [2.75, 3.05) is 19.6 Å². The van der Waals surface area contributed by atoms with Crippen LogP contribution in [0.1, 0.15) is 30.1 Å². The molecule has 0 unspecified atom stereocenters. The molecule has 2 N–H and O–H groups in total. The van der Waals surface area contributed by atoms with Gasteiger partial charge >= 0.3 is 0 Å². The minimum absolute atomic E-state index is 0.167. The molecule has 26 heavy (non-hydrogen) atoms. The summed E-state index contributed by atoms with van der Waals surface area (Å²) < 4.78 is 13.0. The van der Waals surface area contributed by atoms with Crippen LogP contribution in [-0.4, -0.2) is 34.7 Å². The molecular formula is C22H26FNO2. The number of benzene rings is 2. The van der Waals surface area contributed by atoms with Gasteiger partial charge in [0, 0.05) is 19.6 Å². The molecule has 1 saturated heterocycles. The van der Waals surface area contributed by atoms with Crippen LogP contribution < -0.4 is 0 Å². The fraction of sp³-hybridized carbons (Fsp3) is 0.455. The second-order valence-corrected chi connectivity index (χ2v) is 8.01. The van der Waals surface area contributed by atoms with Crippen molar-refractivity contribution in [2.45, 2.75) is 25.4 Å². The standard InChI is InChI=1S/C22H26FNO2/c23-20-5-1-15(2-6-20)9-16-10-18-12-24(13-19(18)11-16)14-22(26)17-3-7-21(25)8-4-17/h1-8,16,18-19,22,25-26H,9-14H2/t18-,19-,22-/m0/s1. The van der Waals surface area contributed by atoms with Crippen molar-refractivity contribution in [1.82, 2.24) is 4.90 Å². The quantitative estimate of drug-likeness (QED) is 0.858. The lowest BCUT2D eigenvalue weighted by Crippen LogP contribution is -2.28. The van der Waals surface area contributed by atoms with Gasteiger partial charge < -0.3 is 10.2 Å². The Hall–Kier alpha value is -1.91. The molecule has 0 aromatic heterocycles. The van der Waals surface area contributed by atoms with E-state index in [-0.39, 0.29) is 11.6 Å². The number of nitrogens with zero attached hydrogens (tertiary/aromatic N) is 1. The summed E-state index contributed by atoms with van der Waals surface area (Å²) in [5.41, 5.74) is 2.09. The molecule has 1 saturated carbocycles. The van der Waals surface area contributed by atoms with Gasteiger partial charge in [0.1, 0.15) is 11.6 Å². The molecule has 138 valence electrons. The van der Waals surface area contributed by atoms with Crippen LogP contribution in [0.25, 0.3) is 0 Å². The lowest BCUT2D eigenvalue weighted by molar-refractivity contribution is 0.120. The zero-order valence-corrected chi connectivity index (χ0v) is 14.9. The minimum Gasteiger partial charge on any atom is -0.508 e. The third kappa shape index (κ3) is 3.92. The van der Waals surface area contributed by atoms with Gasteiger partial charge in [0.25, 0.3) is 0 Å². The maximum absolute atomic E-state index is 13.0. The Morgan fingerprint density at radius 3 is 2.19 bits per heavy atom. The highest BCUT2D eigenvalue weighted by molar-refractivity contribution is 5.27. The minimum atomic E-state index is -0.510. The number of β-amino-alcohol motifs (C(OH)–C–C–N with tert-alkyl or cyclic N) is 1. The predicted molar refractivity (Wildman–Crippen MR) is 99.3 cm³/mol. The van der Waals surface area contributed by atoms with Crippen molar-refractivity contribution in [2.24, 2.45) is 17.8 Å². The molecule has 2 aromatic carbocycles. The van der Waals surface area contributed by atoms with Crippen molar-refractivity contribution in [3.05, 3.63) is 65.5 Å². The van der Waals surface area contributed by atoms with Crippen LogP contribution in [0, 0.1) is 23.6 Å². The van der Waals surface area contributed by atoms with Gasteiger partial charge in [-0.05, 0) is 72.4 Å². The number of aliphatic hydroxyl groups excluding tert-OH is 1. The highest BCUT2D eigenvalue weighted by atomic mass is 19.1. The first-order valence-corrected chi connectivity index (χ1v) is 9.50. The van der Waals surface area contributed by atoms with Gasteiger partial charge in [-0.25, -0.2) is 4.39 Å². The smallest absolute Gasteiger partial charge is 0.123 e. The molecule has 2 aromatic rings. The Balaban J connectivity index is 1.28. The lowest BCUT2D eigenvalue weighted by Gasteiger charge is -2.22. The SMILES string of the molecule is Oc1ccc([C@@H](O)CN2C[C@@H]3CC(Cc4ccc(F)cc4)C[C@H]3C2)cc1. The van der Waals surface area contributed by atoms with Crippen LogP contribution in [0.4, 0.5) is 4.39 Å². The first-order valence-electron chi connectivity index (χ1n) is 9.50. The molecular weight excluding hydrogens is 329 g/mol. The van der Waals surface area contributed by atoms with Gasteiger partial charge in [0.15, 0.2) is 0 Å². The van der Waals surface area contributed by atoms with Crippen LogP contribution in [0.15, 0.2) is 48.5 Å². The van der Waals surface area contributed by atoms with E-state index in [1.54, 1.807) is 36.4 Å². The van der Waals surface area contributed by atoms with Crippen LogP contribution in [0.3, 0.4) is 0 Å². The van der Waals surface area contributed by atoms with E-state index < -0.39 is 6.10 Å². The van der Waals surface area contributed by atoms with Crippen molar-refractivity contribution in [3.63, 3.8) is 0 Å². The second kappa shape index (κ2) is 7.37. The van der Waals surface area contributed by atoms with Crippen molar-refractivity contribution in [1.29, 1.82) is 0 Å². The zero-order valence-electron chi connectivity index (χ0n) is 14.9. The van der Waals surface area contributed by atoms with Gasteiger partial charge in [-0.3, -0.25) is 4.90 Å². The van der Waals surface area contributed by atoms with E-state index in [9.17, 15) is 14.6 Å². The summed E-state index contributed by atoms with van der Waals surface area (Å²) in [4.78, 5) is 2.38. The number of fused-ring (bicyclic) bond motifs is 1. The molecule has 4 heteroatoms. The summed E-state index contributed by atoms with van der Waals surface area (Å²) in [6.07, 6.45) is 3.00. The lowest BCUT2D eigenvalue weighted by atomic mass is 9.96. The van der Waals surface area contributed by atoms with E-state index in [0.29, 0.717) is 24.3 Å². The summed E-state index contributed by atoms with van der Waals surface area (Å²) in [6, 6.07) is 13.7. The summed E-state index contributed by atoms with van der Waals surface area (Å²) in [6.45, 7) is 2.76. The predicted octanol–water partition coefficient (Wildman–Crippen LogP) is 3.77. The Morgan fingerprint density at radius 1 is 0.962 bits per heavy atom. The molecule has 0 bridgehead atoms. The number of rotatable bonds is 5. The Morgan fingerprint density at radius 2 is 1.58 bits per heavy atom. The monoisotopic (exact) mass is 355 g/mol. The van der Waals surface area contributed by atoms with E-state index in [4.69, 9.17) is 0 Å². The number of hydrogen-bond acceptors (Lipinski definition) is 3. The van der Waals surface area contributed by atoms with Crippen LogP contribution >= 0.6 is 0 Å². The maximum Gasteiger partial charge on any atom is 0.123 e. The highest BCUT2D eigenvalue weighted by Crippen LogP contribution is 2.43. The number of aliphatic hydroxyl groups is 1. The normalized spacial score (nSPS) is 24.7. The Labute approximate surface area is 154 Å². The molecule has 3 atom stereocenters. The van der Waals surface area contributed by atoms with E-state index >= 15 is 0 Å². The third-order valence-electron chi connectivity index (χ3n) is 6.07. The molecule has 2 fully saturated rings. The van der Waals surface area contributed by atoms with Gasteiger partial charge in [0.05, 0.1) is 6.10 Å². The van der Waals surface area contributed by atoms with Gasteiger partial charge in [-0.2, -0.15) is 0 Å². The number of phenolic OH excluding ortho intramolecular Hbond substituents is 1. The van der Waals surface area contributed by atoms with Gasteiger partial charge in [-0.1, -0.05) is 24.3 Å². The molecule has 1 aliphatic carbocycles. The number of likely N-dealkylation sites (tertiary alicyclic amines) is 1. The Bertz CT molecular complexity index is 717. The van der Waals surface area contributed by atoms with E-state index in [1.165, 1.54) is 18.4 Å². The molecule has 2 aliphatic rings. The number of phenols is 1. The first-order chi connectivity index (χ1) is 12.6. The van der Waals surface area contributed by atoms with E-state index in [0.717, 1.165) is 25.1 Å². The molecule has 1 aliphatic heterocycles. The second-order valence-electron chi connectivity index (χ2n) is 8.01. The molecule has 1 heterocycles. The fourth-order valence-electron chi connectivity index (χ4n) is 4.84.